The first-order valence-corrected chi connectivity index (χ1v) is 9.07. The molecule has 3 aromatic rings. The Morgan fingerprint density at radius 1 is 1.07 bits per heavy atom. The van der Waals surface area contributed by atoms with E-state index in [4.69, 9.17) is 4.74 Å². The van der Waals surface area contributed by atoms with Gasteiger partial charge in [-0.05, 0) is 52.4 Å². The van der Waals surface area contributed by atoms with Crippen LogP contribution in [0.4, 0.5) is 0 Å². The zero-order valence-corrected chi connectivity index (χ0v) is 15.9. The van der Waals surface area contributed by atoms with Crippen molar-refractivity contribution in [2.75, 3.05) is 6.61 Å². The van der Waals surface area contributed by atoms with E-state index in [0.717, 1.165) is 27.8 Å². The van der Waals surface area contributed by atoms with Crippen LogP contribution in [0.1, 0.15) is 36.5 Å². The van der Waals surface area contributed by atoms with Gasteiger partial charge >= 0.3 is 0 Å². The Bertz CT molecular complexity index is 977. The van der Waals surface area contributed by atoms with Gasteiger partial charge in [0.1, 0.15) is 5.75 Å². The maximum atomic E-state index is 12.0. The number of carbonyl (C=O) groups is 1. The zero-order chi connectivity index (χ0) is 19.2. The molecule has 0 aromatic heterocycles. The zero-order valence-electron chi connectivity index (χ0n) is 15.9. The minimum Gasteiger partial charge on any atom is -0.483 e. The van der Waals surface area contributed by atoms with Crippen LogP contribution in [0, 0.1) is 6.92 Å². The number of hydrogen-bond acceptors (Lipinski definition) is 3. The molecule has 0 aliphatic carbocycles. The van der Waals surface area contributed by atoms with E-state index < -0.39 is 0 Å². The molecule has 3 aromatic carbocycles. The van der Waals surface area contributed by atoms with Gasteiger partial charge in [0.2, 0.25) is 0 Å². The minimum atomic E-state index is -0.289. The van der Waals surface area contributed by atoms with Crippen molar-refractivity contribution in [1.82, 2.24) is 5.43 Å². The number of nitrogens with zero attached hydrogens (tertiary/aromatic N) is 1. The summed E-state index contributed by atoms with van der Waals surface area (Å²) in [7, 11) is 0. The summed E-state index contributed by atoms with van der Waals surface area (Å²) < 4.78 is 5.72. The summed E-state index contributed by atoms with van der Waals surface area (Å²) >= 11 is 0. The molecule has 0 bridgehead atoms. The van der Waals surface area contributed by atoms with Crippen molar-refractivity contribution >= 4 is 22.9 Å². The molecule has 138 valence electrons. The van der Waals surface area contributed by atoms with Crippen molar-refractivity contribution in [2.45, 2.75) is 26.7 Å². The fourth-order valence-corrected chi connectivity index (χ4v) is 2.89. The minimum absolute atomic E-state index is 0.0712. The molecular weight excluding hydrogens is 336 g/mol. The summed E-state index contributed by atoms with van der Waals surface area (Å²) in [5.41, 5.74) is 5.64. The second-order valence-corrected chi connectivity index (χ2v) is 6.88. The predicted octanol–water partition coefficient (Wildman–Crippen LogP) is 4.80. The topological polar surface area (TPSA) is 50.7 Å². The molecule has 0 spiro atoms. The van der Waals surface area contributed by atoms with Crippen LogP contribution >= 0.6 is 0 Å². The normalized spacial score (nSPS) is 11.3. The van der Waals surface area contributed by atoms with Gasteiger partial charge in [-0.15, -0.1) is 0 Å². The highest BCUT2D eigenvalue weighted by Crippen LogP contribution is 2.27. The van der Waals surface area contributed by atoms with E-state index in [1.165, 1.54) is 5.39 Å². The van der Waals surface area contributed by atoms with Gasteiger partial charge in [0.25, 0.3) is 5.91 Å². The van der Waals surface area contributed by atoms with Crippen molar-refractivity contribution in [3.05, 3.63) is 77.4 Å². The number of hydrogen-bond donors (Lipinski definition) is 1. The van der Waals surface area contributed by atoms with E-state index in [0.29, 0.717) is 5.92 Å². The Labute approximate surface area is 159 Å². The number of rotatable bonds is 6. The first-order valence-electron chi connectivity index (χ1n) is 9.07. The average molecular weight is 360 g/mol. The van der Waals surface area contributed by atoms with Gasteiger partial charge in [-0.1, -0.05) is 62.4 Å². The van der Waals surface area contributed by atoms with Gasteiger partial charge in [0, 0.05) is 0 Å². The Balaban J connectivity index is 1.58. The molecule has 0 saturated carbocycles. The number of ether oxygens (including phenoxy) is 1. The number of fused-ring (bicyclic) bond motifs is 1. The van der Waals surface area contributed by atoms with Crippen LogP contribution in [0.3, 0.4) is 0 Å². The summed E-state index contributed by atoms with van der Waals surface area (Å²) in [6, 6.07) is 20.2. The third kappa shape index (κ3) is 4.94. The van der Waals surface area contributed by atoms with Crippen molar-refractivity contribution < 1.29 is 9.53 Å². The molecule has 27 heavy (non-hydrogen) atoms. The van der Waals surface area contributed by atoms with E-state index in [2.05, 4.69) is 36.5 Å². The lowest BCUT2D eigenvalue weighted by atomic mass is 10.0. The quantitative estimate of drug-likeness (QED) is 0.507. The molecule has 4 nitrogen and oxygen atoms in total. The average Bonchev–Trinajstić information content (AvgIpc) is 2.66. The molecule has 0 heterocycles. The summed E-state index contributed by atoms with van der Waals surface area (Å²) in [6.07, 6.45) is 1.64. The predicted molar refractivity (Wildman–Crippen MR) is 110 cm³/mol. The fraction of sp³-hybridized carbons (Fsp3) is 0.217. The van der Waals surface area contributed by atoms with Crippen LogP contribution in [-0.2, 0) is 4.79 Å². The number of carbonyl (C=O) groups excluding carboxylic acids is 1. The highest BCUT2D eigenvalue weighted by molar-refractivity contribution is 5.90. The lowest BCUT2D eigenvalue weighted by Crippen LogP contribution is -2.25. The SMILES string of the molecule is Cc1ccc(C(C)C)c(OCC(=O)N/N=C\c2ccc3ccccc3c2)c1. The lowest BCUT2D eigenvalue weighted by Gasteiger charge is -2.14. The number of benzene rings is 3. The molecule has 0 fully saturated rings. The van der Waals surface area contributed by atoms with E-state index >= 15 is 0 Å². The van der Waals surface area contributed by atoms with Crippen LogP contribution in [0.25, 0.3) is 10.8 Å². The first-order chi connectivity index (χ1) is 13.0. The van der Waals surface area contributed by atoms with Gasteiger partial charge in [-0.25, -0.2) is 5.43 Å². The number of aryl methyl sites for hydroxylation is 1. The standard InChI is InChI=1S/C23H24N2O2/c1-16(2)21-11-8-17(3)12-22(21)27-15-23(26)25-24-14-18-9-10-19-6-4-5-7-20(19)13-18/h4-14,16H,15H2,1-3H3,(H,25,26)/b24-14-. The number of hydrazone groups is 1. The van der Waals surface area contributed by atoms with E-state index in [-0.39, 0.29) is 12.5 Å². The molecule has 0 unspecified atom stereocenters. The molecule has 1 N–H and O–H groups in total. The third-order valence-corrected chi connectivity index (χ3v) is 4.33. The largest absolute Gasteiger partial charge is 0.483 e. The highest BCUT2D eigenvalue weighted by Gasteiger charge is 2.10. The smallest absolute Gasteiger partial charge is 0.277 e. The lowest BCUT2D eigenvalue weighted by molar-refractivity contribution is -0.123. The molecule has 0 saturated heterocycles. The second kappa shape index (κ2) is 8.49. The van der Waals surface area contributed by atoms with Crippen LogP contribution in [0.15, 0.2) is 65.8 Å². The molecule has 4 heteroatoms. The van der Waals surface area contributed by atoms with Gasteiger partial charge in [0.05, 0.1) is 6.21 Å². The maximum Gasteiger partial charge on any atom is 0.277 e. The van der Waals surface area contributed by atoms with Crippen LogP contribution in [0.2, 0.25) is 0 Å². The van der Waals surface area contributed by atoms with E-state index in [1.54, 1.807) is 6.21 Å². The van der Waals surface area contributed by atoms with E-state index in [9.17, 15) is 4.79 Å². The van der Waals surface area contributed by atoms with Gasteiger partial charge in [-0.3, -0.25) is 4.79 Å². The van der Waals surface area contributed by atoms with Crippen molar-refractivity contribution in [2.24, 2.45) is 5.10 Å². The molecule has 3 rings (SSSR count). The monoisotopic (exact) mass is 360 g/mol. The fourth-order valence-electron chi connectivity index (χ4n) is 2.89. The van der Waals surface area contributed by atoms with Crippen LogP contribution in [-0.4, -0.2) is 18.7 Å². The molecule has 0 aliphatic rings. The summed E-state index contributed by atoms with van der Waals surface area (Å²) in [6.45, 7) is 6.14. The van der Waals surface area contributed by atoms with Crippen LogP contribution < -0.4 is 10.2 Å². The van der Waals surface area contributed by atoms with Crippen molar-refractivity contribution in [1.29, 1.82) is 0 Å². The third-order valence-electron chi connectivity index (χ3n) is 4.33. The Kier molecular flexibility index (Phi) is 5.87. The van der Waals surface area contributed by atoms with Gasteiger partial charge in [0.15, 0.2) is 6.61 Å². The molecule has 1 amide bonds. The Morgan fingerprint density at radius 2 is 1.85 bits per heavy atom. The van der Waals surface area contributed by atoms with Gasteiger partial charge < -0.3 is 4.74 Å². The Morgan fingerprint density at radius 3 is 2.63 bits per heavy atom. The van der Waals surface area contributed by atoms with Gasteiger partial charge in [-0.2, -0.15) is 5.10 Å². The van der Waals surface area contributed by atoms with Crippen molar-refractivity contribution in [3.63, 3.8) is 0 Å². The first kappa shape index (κ1) is 18.6. The molecular formula is C23H24N2O2. The highest BCUT2D eigenvalue weighted by atomic mass is 16.5. The number of amides is 1. The van der Waals surface area contributed by atoms with Crippen molar-refractivity contribution in [3.8, 4) is 5.75 Å². The summed E-state index contributed by atoms with van der Waals surface area (Å²) in [5, 5.41) is 6.34. The summed E-state index contributed by atoms with van der Waals surface area (Å²) in [5.74, 6) is 0.788. The Hall–Kier alpha value is -3.14. The maximum absolute atomic E-state index is 12.0. The molecule has 0 atom stereocenters. The second-order valence-electron chi connectivity index (χ2n) is 6.88. The van der Waals surface area contributed by atoms with Crippen LogP contribution in [0.5, 0.6) is 5.75 Å². The number of nitrogens with one attached hydrogen (secondary N) is 1. The van der Waals surface area contributed by atoms with E-state index in [1.807, 2.05) is 55.5 Å². The summed E-state index contributed by atoms with van der Waals surface area (Å²) in [4.78, 5) is 12.0. The molecule has 0 radical (unpaired) electrons. The molecule has 0 aliphatic heterocycles.